The van der Waals surface area contributed by atoms with Gasteiger partial charge in [0.15, 0.2) is 0 Å². The first-order valence-corrected chi connectivity index (χ1v) is 11.5. The maximum absolute atomic E-state index is 5.35. The molecule has 3 atom stereocenters. The van der Waals surface area contributed by atoms with Crippen LogP contribution in [0.4, 0.5) is 0 Å². The fourth-order valence-electron chi connectivity index (χ4n) is 4.99. The lowest BCUT2D eigenvalue weighted by molar-refractivity contribution is 0.221. The van der Waals surface area contributed by atoms with Gasteiger partial charge in [-0.3, -0.25) is 0 Å². The summed E-state index contributed by atoms with van der Waals surface area (Å²) in [6.45, 7) is 9.01. The summed E-state index contributed by atoms with van der Waals surface area (Å²) in [4.78, 5) is 8.35. The highest BCUT2D eigenvalue weighted by Gasteiger charge is 2.31. The number of methoxy groups -OCH3 is 1. The average Bonchev–Trinajstić information content (AvgIpc) is 3.17. The van der Waals surface area contributed by atoms with E-state index in [0.29, 0.717) is 23.7 Å². The highest BCUT2D eigenvalue weighted by molar-refractivity contribution is 5.76. The Bertz CT molecular complexity index is 1020. The van der Waals surface area contributed by atoms with Crippen LogP contribution in [-0.4, -0.2) is 23.6 Å². The van der Waals surface area contributed by atoms with E-state index in [1.165, 1.54) is 17.6 Å². The predicted molar refractivity (Wildman–Crippen MR) is 128 cm³/mol. The molecule has 0 radical (unpaired) electrons. The standard InChI is InChI=1S/C27H35N3O/c1-18(2)24-13-21(14-27-29-25-11-10-23(31-4)15-26(25)30-27)19(3)12-22(24)17-28-16-20-8-6-5-7-9-20/h5-12,15,18,21-22,24,28H,13-14,16-17H2,1-4H3,(H,29,30)/t21-,22-,24-/m0/s1. The lowest BCUT2D eigenvalue weighted by atomic mass is 9.70. The summed E-state index contributed by atoms with van der Waals surface area (Å²) < 4.78 is 5.35. The van der Waals surface area contributed by atoms with Crippen LogP contribution in [0.2, 0.25) is 0 Å². The Morgan fingerprint density at radius 1 is 1.16 bits per heavy atom. The van der Waals surface area contributed by atoms with Crippen LogP contribution in [0.15, 0.2) is 60.2 Å². The Balaban J connectivity index is 1.44. The van der Waals surface area contributed by atoms with E-state index in [4.69, 9.17) is 9.72 Å². The number of aromatic nitrogens is 2. The van der Waals surface area contributed by atoms with Crippen molar-refractivity contribution in [1.29, 1.82) is 0 Å². The molecule has 1 heterocycles. The second kappa shape index (κ2) is 9.69. The van der Waals surface area contributed by atoms with E-state index in [0.717, 1.165) is 42.1 Å². The van der Waals surface area contributed by atoms with Crippen LogP contribution in [-0.2, 0) is 13.0 Å². The van der Waals surface area contributed by atoms with Crippen LogP contribution < -0.4 is 10.1 Å². The molecular formula is C27H35N3O. The van der Waals surface area contributed by atoms with Gasteiger partial charge in [-0.25, -0.2) is 4.98 Å². The van der Waals surface area contributed by atoms with Crippen LogP contribution in [0.1, 0.15) is 38.6 Å². The van der Waals surface area contributed by atoms with Gasteiger partial charge in [-0.2, -0.15) is 0 Å². The average molecular weight is 418 g/mol. The number of nitrogens with zero attached hydrogens (tertiary/aromatic N) is 1. The summed E-state index contributed by atoms with van der Waals surface area (Å²) in [6, 6.07) is 16.7. The normalized spacial score (nSPS) is 21.5. The molecule has 31 heavy (non-hydrogen) atoms. The summed E-state index contributed by atoms with van der Waals surface area (Å²) in [5.41, 5.74) is 4.91. The van der Waals surface area contributed by atoms with E-state index in [2.05, 4.69) is 67.5 Å². The minimum Gasteiger partial charge on any atom is -0.497 e. The molecule has 164 valence electrons. The number of hydrogen-bond donors (Lipinski definition) is 2. The molecule has 2 aromatic carbocycles. The Morgan fingerprint density at radius 2 is 1.97 bits per heavy atom. The summed E-state index contributed by atoms with van der Waals surface area (Å²) in [6.07, 6.45) is 4.72. The lowest BCUT2D eigenvalue weighted by Crippen LogP contribution is -2.34. The van der Waals surface area contributed by atoms with E-state index in [1.54, 1.807) is 7.11 Å². The molecule has 2 N–H and O–H groups in total. The minimum absolute atomic E-state index is 0.542. The predicted octanol–water partition coefficient (Wildman–Crippen LogP) is 5.76. The Hall–Kier alpha value is -2.59. The SMILES string of the molecule is COc1ccc2nc(C[C@@H]3C[C@@H](C(C)C)[C@H](CNCc4ccccc4)C=C3C)[nH]c2c1. The van der Waals surface area contributed by atoms with Gasteiger partial charge < -0.3 is 15.0 Å². The van der Waals surface area contributed by atoms with Gasteiger partial charge in [0.05, 0.1) is 18.1 Å². The number of allylic oxidation sites excluding steroid dienone is 1. The smallest absolute Gasteiger partial charge is 0.121 e. The molecule has 0 unspecified atom stereocenters. The monoisotopic (exact) mass is 417 g/mol. The molecule has 0 amide bonds. The van der Waals surface area contributed by atoms with E-state index >= 15 is 0 Å². The zero-order valence-electron chi connectivity index (χ0n) is 19.2. The molecule has 0 fully saturated rings. The zero-order valence-corrected chi connectivity index (χ0v) is 19.2. The molecule has 3 aromatic rings. The van der Waals surface area contributed by atoms with Gasteiger partial charge in [-0.15, -0.1) is 0 Å². The molecule has 0 aliphatic heterocycles. The Morgan fingerprint density at radius 3 is 2.71 bits per heavy atom. The van der Waals surface area contributed by atoms with Crippen molar-refractivity contribution < 1.29 is 4.74 Å². The quantitative estimate of drug-likeness (QED) is 0.458. The molecular weight excluding hydrogens is 382 g/mol. The Kier molecular flexibility index (Phi) is 6.77. The van der Waals surface area contributed by atoms with Gasteiger partial charge in [0.1, 0.15) is 11.6 Å². The second-order valence-corrected chi connectivity index (χ2v) is 9.30. The number of benzene rings is 2. The molecule has 4 heteroatoms. The molecule has 1 aliphatic rings. The third kappa shape index (κ3) is 5.19. The maximum atomic E-state index is 5.35. The third-order valence-corrected chi connectivity index (χ3v) is 6.81. The van der Waals surface area contributed by atoms with E-state index in [-0.39, 0.29) is 0 Å². The molecule has 0 saturated heterocycles. The van der Waals surface area contributed by atoms with Crippen molar-refractivity contribution in [3.05, 3.63) is 71.6 Å². The number of H-pyrrole nitrogens is 1. The van der Waals surface area contributed by atoms with Gasteiger partial charge >= 0.3 is 0 Å². The van der Waals surface area contributed by atoms with E-state index in [9.17, 15) is 0 Å². The van der Waals surface area contributed by atoms with Crippen molar-refractivity contribution in [3.63, 3.8) is 0 Å². The van der Waals surface area contributed by atoms with E-state index < -0.39 is 0 Å². The van der Waals surface area contributed by atoms with Crippen LogP contribution in [0.3, 0.4) is 0 Å². The first-order valence-electron chi connectivity index (χ1n) is 11.5. The minimum atomic E-state index is 0.542. The lowest BCUT2D eigenvalue weighted by Gasteiger charge is -2.37. The van der Waals surface area contributed by atoms with Crippen molar-refractivity contribution >= 4 is 11.0 Å². The third-order valence-electron chi connectivity index (χ3n) is 6.81. The number of aromatic amines is 1. The van der Waals surface area contributed by atoms with Crippen molar-refractivity contribution in [3.8, 4) is 5.75 Å². The number of rotatable bonds is 8. The van der Waals surface area contributed by atoms with Crippen LogP contribution in [0.25, 0.3) is 11.0 Å². The molecule has 0 saturated carbocycles. The molecule has 4 rings (SSSR count). The Labute approximate surface area is 186 Å². The number of ether oxygens (including phenoxy) is 1. The molecule has 0 spiro atoms. The highest BCUT2D eigenvalue weighted by atomic mass is 16.5. The maximum Gasteiger partial charge on any atom is 0.121 e. The highest BCUT2D eigenvalue weighted by Crippen LogP contribution is 2.38. The van der Waals surface area contributed by atoms with Gasteiger partial charge in [-0.1, -0.05) is 55.8 Å². The number of fused-ring (bicyclic) bond motifs is 1. The van der Waals surface area contributed by atoms with Crippen LogP contribution in [0.5, 0.6) is 5.75 Å². The van der Waals surface area contributed by atoms with Gasteiger partial charge in [0.2, 0.25) is 0 Å². The number of hydrogen-bond acceptors (Lipinski definition) is 3. The largest absolute Gasteiger partial charge is 0.497 e. The van der Waals surface area contributed by atoms with Gasteiger partial charge in [0.25, 0.3) is 0 Å². The van der Waals surface area contributed by atoms with Crippen molar-refractivity contribution in [2.75, 3.05) is 13.7 Å². The molecule has 4 nitrogen and oxygen atoms in total. The van der Waals surface area contributed by atoms with Crippen molar-refractivity contribution in [1.82, 2.24) is 15.3 Å². The van der Waals surface area contributed by atoms with E-state index in [1.807, 2.05) is 18.2 Å². The second-order valence-electron chi connectivity index (χ2n) is 9.30. The van der Waals surface area contributed by atoms with Gasteiger partial charge in [0, 0.05) is 25.6 Å². The van der Waals surface area contributed by atoms with Crippen molar-refractivity contribution in [2.45, 2.75) is 40.2 Å². The first-order chi connectivity index (χ1) is 15.0. The number of imidazole rings is 1. The van der Waals surface area contributed by atoms with Crippen LogP contribution >= 0.6 is 0 Å². The summed E-state index contributed by atoms with van der Waals surface area (Å²) in [5, 5.41) is 3.69. The molecule has 0 bridgehead atoms. The topological polar surface area (TPSA) is 49.9 Å². The van der Waals surface area contributed by atoms with Crippen LogP contribution in [0, 0.1) is 23.7 Å². The van der Waals surface area contributed by atoms with Gasteiger partial charge in [-0.05, 0) is 54.7 Å². The van der Waals surface area contributed by atoms with Crippen molar-refractivity contribution in [2.24, 2.45) is 23.7 Å². The first kappa shape index (κ1) is 21.6. The summed E-state index contributed by atoms with van der Waals surface area (Å²) in [7, 11) is 1.70. The summed E-state index contributed by atoms with van der Waals surface area (Å²) >= 11 is 0. The fourth-order valence-corrected chi connectivity index (χ4v) is 4.99. The fraction of sp³-hybridized carbons (Fsp3) is 0.444. The molecule has 1 aliphatic carbocycles. The summed E-state index contributed by atoms with van der Waals surface area (Å²) in [5.74, 6) is 4.41. The zero-order chi connectivity index (χ0) is 21.8. The number of nitrogens with one attached hydrogen (secondary N) is 2. The molecule has 1 aromatic heterocycles.